The van der Waals surface area contributed by atoms with Crippen molar-refractivity contribution in [2.75, 3.05) is 13.6 Å². The Bertz CT molecular complexity index is 312. The second-order valence-corrected chi connectivity index (χ2v) is 4.06. The van der Waals surface area contributed by atoms with Crippen LogP contribution < -0.4 is 5.32 Å². The summed E-state index contributed by atoms with van der Waals surface area (Å²) in [4.78, 5) is 23.6. The summed E-state index contributed by atoms with van der Waals surface area (Å²) in [6, 6.07) is 1.31. The summed E-state index contributed by atoms with van der Waals surface area (Å²) < 4.78 is 0. The zero-order valence-electron chi connectivity index (χ0n) is 10.4. The lowest BCUT2D eigenvalue weighted by atomic mass is 10.1. The van der Waals surface area contributed by atoms with Crippen LogP contribution in [-0.2, 0) is 4.79 Å². The topological polar surface area (TPSA) is 93.4 Å². The number of nitrogens with one attached hydrogen (secondary N) is 1. The van der Waals surface area contributed by atoms with Crippen molar-refractivity contribution in [1.82, 2.24) is 10.2 Å². The Morgan fingerprint density at radius 1 is 1.53 bits per heavy atom. The molecule has 0 saturated carbocycles. The molecule has 0 saturated heterocycles. The Morgan fingerprint density at radius 2 is 2.12 bits per heavy atom. The third kappa shape index (κ3) is 6.40. The number of carbonyl (C=O) groups excluding carboxylic acids is 1. The maximum atomic E-state index is 11.7. The van der Waals surface area contributed by atoms with Gasteiger partial charge in [-0.05, 0) is 13.3 Å². The first-order valence-corrected chi connectivity index (χ1v) is 5.53. The second kappa shape index (κ2) is 7.49. The third-order valence-corrected chi connectivity index (χ3v) is 2.36. The monoisotopic (exact) mass is 241 g/mol. The largest absolute Gasteiger partial charge is 0.481 e. The number of amides is 2. The minimum Gasteiger partial charge on any atom is -0.481 e. The number of nitriles is 1. The molecule has 0 fully saturated rings. The number of hydrogen-bond donors (Lipinski definition) is 2. The number of hydrogen-bond acceptors (Lipinski definition) is 3. The Morgan fingerprint density at radius 3 is 2.53 bits per heavy atom. The van der Waals surface area contributed by atoms with E-state index in [4.69, 9.17) is 10.4 Å². The molecule has 0 aromatic carbocycles. The van der Waals surface area contributed by atoms with Crippen molar-refractivity contribution in [2.24, 2.45) is 5.92 Å². The lowest BCUT2D eigenvalue weighted by Crippen LogP contribution is -2.44. The quantitative estimate of drug-likeness (QED) is 0.726. The van der Waals surface area contributed by atoms with Crippen molar-refractivity contribution in [3.63, 3.8) is 0 Å². The second-order valence-electron chi connectivity index (χ2n) is 4.06. The summed E-state index contributed by atoms with van der Waals surface area (Å²) in [5, 5.41) is 19.9. The summed E-state index contributed by atoms with van der Waals surface area (Å²) in [6.07, 6.45) is 0.462. The van der Waals surface area contributed by atoms with E-state index in [1.54, 1.807) is 14.0 Å². The number of aliphatic carboxylic acids is 1. The van der Waals surface area contributed by atoms with Gasteiger partial charge in [0.15, 0.2) is 0 Å². The van der Waals surface area contributed by atoms with Crippen molar-refractivity contribution in [3.05, 3.63) is 0 Å². The molecule has 6 heteroatoms. The van der Waals surface area contributed by atoms with Crippen LogP contribution in [0.25, 0.3) is 0 Å². The highest BCUT2D eigenvalue weighted by molar-refractivity contribution is 5.75. The van der Waals surface area contributed by atoms with E-state index >= 15 is 0 Å². The van der Waals surface area contributed by atoms with E-state index in [2.05, 4.69) is 5.32 Å². The molecule has 96 valence electrons. The fraction of sp³-hybridized carbons (Fsp3) is 0.727. The van der Waals surface area contributed by atoms with Gasteiger partial charge in [-0.15, -0.1) is 0 Å². The summed E-state index contributed by atoms with van der Waals surface area (Å²) in [5.74, 6) is -1.18. The average molecular weight is 241 g/mol. The predicted molar refractivity (Wildman–Crippen MR) is 62.3 cm³/mol. The molecule has 2 atom stereocenters. The van der Waals surface area contributed by atoms with Crippen molar-refractivity contribution in [3.8, 4) is 6.07 Å². The Balaban J connectivity index is 4.22. The summed E-state index contributed by atoms with van der Waals surface area (Å²) in [6.45, 7) is 3.86. The highest BCUT2D eigenvalue weighted by Crippen LogP contribution is 2.01. The first-order valence-electron chi connectivity index (χ1n) is 5.53. The van der Waals surface area contributed by atoms with E-state index < -0.39 is 5.97 Å². The SMILES string of the molecule is CCC(CC(=O)O)NC(=O)N(C)CC(C)C#N. The van der Waals surface area contributed by atoms with E-state index in [9.17, 15) is 9.59 Å². The summed E-state index contributed by atoms with van der Waals surface area (Å²) in [5.41, 5.74) is 0. The van der Waals surface area contributed by atoms with Crippen molar-refractivity contribution < 1.29 is 14.7 Å². The van der Waals surface area contributed by atoms with Crippen LogP contribution in [-0.4, -0.2) is 41.6 Å². The number of nitrogens with zero attached hydrogens (tertiary/aromatic N) is 2. The lowest BCUT2D eigenvalue weighted by molar-refractivity contribution is -0.137. The van der Waals surface area contributed by atoms with Crippen LogP contribution in [0.5, 0.6) is 0 Å². The zero-order valence-corrected chi connectivity index (χ0v) is 10.4. The third-order valence-electron chi connectivity index (χ3n) is 2.36. The minimum absolute atomic E-state index is 0.0934. The van der Waals surface area contributed by atoms with E-state index in [-0.39, 0.29) is 24.4 Å². The standard InChI is InChI=1S/C11H19N3O3/c1-4-9(5-10(15)16)13-11(17)14(3)7-8(2)6-12/h8-9H,4-5,7H2,1-3H3,(H,13,17)(H,15,16). The number of carboxylic acid groups (broad SMARTS) is 1. The van der Waals surface area contributed by atoms with E-state index in [0.29, 0.717) is 13.0 Å². The van der Waals surface area contributed by atoms with Crippen LogP contribution in [0.3, 0.4) is 0 Å². The van der Waals surface area contributed by atoms with Crippen molar-refractivity contribution >= 4 is 12.0 Å². The summed E-state index contributed by atoms with van der Waals surface area (Å²) in [7, 11) is 1.58. The molecule has 0 bridgehead atoms. The molecule has 0 aromatic rings. The van der Waals surface area contributed by atoms with Gasteiger partial charge in [0.05, 0.1) is 18.4 Å². The number of rotatable bonds is 6. The first kappa shape index (κ1) is 15.2. The van der Waals surface area contributed by atoms with Gasteiger partial charge in [-0.2, -0.15) is 5.26 Å². The fourth-order valence-electron chi connectivity index (χ4n) is 1.33. The van der Waals surface area contributed by atoms with Crippen LogP contribution in [0.1, 0.15) is 26.7 Å². The van der Waals surface area contributed by atoms with Gasteiger partial charge in [0.2, 0.25) is 0 Å². The van der Waals surface area contributed by atoms with Gasteiger partial charge in [-0.3, -0.25) is 4.79 Å². The molecule has 0 aromatic heterocycles. The maximum absolute atomic E-state index is 11.7. The number of urea groups is 1. The summed E-state index contributed by atoms with van der Waals surface area (Å²) >= 11 is 0. The van der Waals surface area contributed by atoms with Gasteiger partial charge >= 0.3 is 12.0 Å². The van der Waals surface area contributed by atoms with Gasteiger partial charge < -0.3 is 15.3 Å². The van der Waals surface area contributed by atoms with Gasteiger partial charge in [-0.25, -0.2) is 4.79 Å². The number of carbonyl (C=O) groups is 2. The van der Waals surface area contributed by atoms with Gasteiger partial charge in [0.25, 0.3) is 0 Å². The Hall–Kier alpha value is -1.77. The predicted octanol–water partition coefficient (Wildman–Crippen LogP) is 1.04. The normalized spacial score (nSPS) is 13.3. The molecule has 6 nitrogen and oxygen atoms in total. The molecule has 2 unspecified atom stereocenters. The van der Waals surface area contributed by atoms with Gasteiger partial charge in [0, 0.05) is 19.6 Å². The fourth-order valence-corrected chi connectivity index (χ4v) is 1.33. The molecule has 17 heavy (non-hydrogen) atoms. The van der Waals surface area contributed by atoms with Crippen LogP contribution >= 0.6 is 0 Å². The molecular weight excluding hydrogens is 222 g/mol. The molecule has 2 amide bonds. The lowest BCUT2D eigenvalue weighted by Gasteiger charge is -2.22. The Labute approximate surface area is 101 Å². The highest BCUT2D eigenvalue weighted by atomic mass is 16.4. The molecule has 2 N–H and O–H groups in total. The molecule has 0 spiro atoms. The smallest absolute Gasteiger partial charge is 0.317 e. The van der Waals surface area contributed by atoms with Crippen LogP contribution in [0.2, 0.25) is 0 Å². The maximum Gasteiger partial charge on any atom is 0.317 e. The Kier molecular flexibility index (Phi) is 6.71. The molecule has 0 aliphatic carbocycles. The van der Waals surface area contributed by atoms with Gasteiger partial charge in [0.1, 0.15) is 0 Å². The molecule has 0 aliphatic heterocycles. The average Bonchev–Trinajstić information content (AvgIpc) is 2.26. The van der Waals surface area contributed by atoms with E-state index in [1.807, 2.05) is 13.0 Å². The zero-order chi connectivity index (χ0) is 13.4. The molecule has 0 radical (unpaired) electrons. The highest BCUT2D eigenvalue weighted by Gasteiger charge is 2.17. The van der Waals surface area contributed by atoms with Gasteiger partial charge in [-0.1, -0.05) is 6.92 Å². The minimum atomic E-state index is -0.940. The molecule has 0 rings (SSSR count). The van der Waals surface area contributed by atoms with Crippen molar-refractivity contribution in [1.29, 1.82) is 5.26 Å². The van der Waals surface area contributed by atoms with Crippen LogP contribution in [0, 0.1) is 17.2 Å². The van der Waals surface area contributed by atoms with Crippen molar-refractivity contribution in [2.45, 2.75) is 32.7 Å². The van der Waals surface area contributed by atoms with Crippen LogP contribution in [0.15, 0.2) is 0 Å². The number of carboxylic acids is 1. The first-order chi connectivity index (χ1) is 7.90. The molecule has 0 aliphatic rings. The molecular formula is C11H19N3O3. The van der Waals surface area contributed by atoms with Crippen LogP contribution in [0.4, 0.5) is 4.79 Å². The van der Waals surface area contributed by atoms with E-state index in [0.717, 1.165) is 0 Å². The van der Waals surface area contributed by atoms with E-state index in [1.165, 1.54) is 4.90 Å². The molecule has 0 heterocycles.